The Labute approximate surface area is 198 Å². The van der Waals surface area contributed by atoms with Crippen LogP contribution in [-0.2, 0) is 6.54 Å². The molecule has 2 aromatic rings. The summed E-state index contributed by atoms with van der Waals surface area (Å²) < 4.78 is 0. The van der Waals surface area contributed by atoms with E-state index in [4.69, 9.17) is 4.99 Å². The predicted octanol–water partition coefficient (Wildman–Crippen LogP) is 3.91. The Kier molecular flexibility index (Phi) is 10.4. The van der Waals surface area contributed by atoms with Crippen molar-refractivity contribution in [3.63, 3.8) is 0 Å². The second-order valence-electron chi connectivity index (χ2n) is 6.87. The van der Waals surface area contributed by atoms with E-state index in [-0.39, 0.29) is 35.8 Å². The molecule has 0 saturated carbocycles. The lowest BCUT2D eigenvalue weighted by atomic mass is 10.1. The summed E-state index contributed by atoms with van der Waals surface area (Å²) >= 11 is 1.79. The number of nitro benzene ring substituents is 1. The zero-order valence-electron chi connectivity index (χ0n) is 16.6. The van der Waals surface area contributed by atoms with Crippen LogP contribution in [0, 0.1) is 10.1 Å². The molecular formula is C21H27IN4O3S. The SMILES string of the molecule is I.O=[N+]([O-])c1ccc(CN=C(NCCSc2ccccc2)N2CCC(O)CC2)cc1. The second-order valence-corrected chi connectivity index (χ2v) is 8.04. The van der Waals surface area contributed by atoms with Crippen molar-refractivity contribution in [3.8, 4) is 0 Å². The molecule has 0 unspecified atom stereocenters. The minimum atomic E-state index is -0.399. The van der Waals surface area contributed by atoms with Gasteiger partial charge in [-0.15, -0.1) is 35.7 Å². The number of non-ortho nitro benzene ring substituents is 1. The molecule has 1 aliphatic heterocycles. The Balaban J connectivity index is 0.00000320. The van der Waals surface area contributed by atoms with Crippen LogP contribution in [-0.4, -0.2) is 52.4 Å². The first-order valence-electron chi connectivity index (χ1n) is 9.74. The number of rotatable bonds is 7. The quantitative estimate of drug-likeness (QED) is 0.105. The van der Waals surface area contributed by atoms with Crippen LogP contribution in [0.1, 0.15) is 18.4 Å². The van der Waals surface area contributed by atoms with E-state index >= 15 is 0 Å². The van der Waals surface area contributed by atoms with Crippen molar-refractivity contribution in [2.75, 3.05) is 25.4 Å². The number of likely N-dealkylation sites (tertiary alicyclic amines) is 1. The molecule has 2 aromatic carbocycles. The molecule has 1 aliphatic rings. The number of aliphatic hydroxyl groups excluding tert-OH is 1. The van der Waals surface area contributed by atoms with E-state index in [0.717, 1.165) is 49.8 Å². The van der Waals surface area contributed by atoms with Gasteiger partial charge in [0.25, 0.3) is 5.69 Å². The summed E-state index contributed by atoms with van der Waals surface area (Å²) in [6.07, 6.45) is 1.23. The maximum Gasteiger partial charge on any atom is 0.269 e. The summed E-state index contributed by atoms with van der Waals surface area (Å²) in [5, 5.41) is 24.0. The van der Waals surface area contributed by atoms with Crippen LogP contribution in [0.5, 0.6) is 0 Å². The van der Waals surface area contributed by atoms with E-state index in [2.05, 4.69) is 22.3 Å². The molecule has 30 heavy (non-hydrogen) atoms. The molecule has 1 heterocycles. The number of benzene rings is 2. The molecular weight excluding hydrogens is 515 g/mol. The predicted molar refractivity (Wildman–Crippen MR) is 132 cm³/mol. The van der Waals surface area contributed by atoms with E-state index in [1.807, 2.05) is 18.2 Å². The van der Waals surface area contributed by atoms with Crippen molar-refractivity contribution < 1.29 is 10.0 Å². The standard InChI is InChI=1S/C21H26N4O3S.HI/c26-19-10-13-24(14-11-19)21(22-12-15-29-20-4-2-1-3-5-20)23-16-17-6-8-18(9-7-17)25(27)28;/h1-9,19,26H,10-16H2,(H,22,23);1H. The van der Waals surface area contributed by atoms with Crippen LogP contribution < -0.4 is 5.32 Å². The van der Waals surface area contributed by atoms with Crippen LogP contribution >= 0.6 is 35.7 Å². The summed E-state index contributed by atoms with van der Waals surface area (Å²) in [7, 11) is 0. The molecule has 162 valence electrons. The molecule has 0 aromatic heterocycles. The van der Waals surface area contributed by atoms with Gasteiger partial charge in [-0.05, 0) is 30.5 Å². The molecule has 0 atom stereocenters. The second kappa shape index (κ2) is 12.8. The number of aliphatic imine (C=N–C) groups is 1. The molecule has 3 rings (SSSR count). The third kappa shape index (κ3) is 7.77. The van der Waals surface area contributed by atoms with Gasteiger partial charge in [-0.1, -0.05) is 30.3 Å². The number of piperidine rings is 1. The van der Waals surface area contributed by atoms with Crippen molar-refractivity contribution in [2.24, 2.45) is 4.99 Å². The molecule has 0 amide bonds. The van der Waals surface area contributed by atoms with E-state index < -0.39 is 4.92 Å². The van der Waals surface area contributed by atoms with Crippen LogP contribution in [0.4, 0.5) is 5.69 Å². The van der Waals surface area contributed by atoms with Gasteiger partial charge in [0.1, 0.15) is 0 Å². The van der Waals surface area contributed by atoms with E-state index in [0.29, 0.717) is 6.54 Å². The molecule has 0 radical (unpaired) electrons. The van der Waals surface area contributed by atoms with Gasteiger partial charge >= 0.3 is 0 Å². The van der Waals surface area contributed by atoms with Gasteiger partial charge < -0.3 is 15.3 Å². The Bertz CT molecular complexity index is 813. The largest absolute Gasteiger partial charge is 0.393 e. The monoisotopic (exact) mass is 542 g/mol. The molecule has 2 N–H and O–H groups in total. The highest BCUT2D eigenvalue weighted by molar-refractivity contribution is 14.0. The average molecular weight is 542 g/mol. The normalized spacial score (nSPS) is 14.8. The highest BCUT2D eigenvalue weighted by atomic mass is 127. The molecule has 7 nitrogen and oxygen atoms in total. The highest BCUT2D eigenvalue weighted by Gasteiger charge is 2.19. The lowest BCUT2D eigenvalue weighted by molar-refractivity contribution is -0.384. The summed E-state index contributed by atoms with van der Waals surface area (Å²) in [5.74, 6) is 1.74. The maximum absolute atomic E-state index is 10.8. The number of hydrogen-bond donors (Lipinski definition) is 2. The summed E-state index contributed by atoms with van der Waals surface area (Å²) in [4.78, 5) is 18.5. The van der Waals surface area contributed by atoms with Gasteiger partial charge in [-0.3, -0.25) is 10.1 Å². The van der Waals surface area contributed by atoms with Crippen LogP contribution in [0.2, 0.25) is 0 Å². The fraction of sp³-hybridized carbons (Fsp3) is 0.381. The van der Waals surface area contributed by atoms with Crippen molar-refractivity contribution in [1.29, 1.82) is 0 Å². The Morgan fingerprint density at radius 3 is 2.47 bits per heavy atom. The smallest absolute Gasteiger partial charge is 0.269 e. The van der Waals surface area contributed by atoms with E-state index in [9.17, 15) is 15.2 Å². The van der Waals surface area contributed by atoms with Gasteiger partial charge in [-0.25, -0.2) is 4.99 Å². The Morgan fingerprint density at radius 2 is 1.83 bits per heavy atom. The Morgan fingerprint density at radius 1 is 1.17 bits per heavy atom. The number of hydrogen-bond acceptors (Lipinski definition) is 5. The minimum Gasteiger partial charge on any atom is -0.393 e. The number of nitro groups is 1. The number of halogens is 1. The fourth-order valence-corrected chi connectivity index (χ4v) is 3.87. The van der Waals surface area contributed by atoms with Gasteiger partial charge in [0.15, 0.2) is 5.96 Å². The third-order valence-electron chi connectivity index (χ3n) is 4.72. The average Bonchev–Trinajstić information content (AvgIpc) is 2.75. The zero-order chi connectivity index (χ0) is 20.5. The van der Waals surface area contributed by atoms with Gasteiger partial charge in [0.2, 0.25) is 0 Å². The molecule has 0 aliphatic carbocycles. The van der Waals surface area contributed by atoms with Crippen LogP contribution in [0.15, 0.2) is 64.5 Å². The molecule has 0 bridgehead atoms. The van der Waals surface area contributed by atoms with E-state index in [1.165, 1.54) is 17.0 Å². The topological polar surface area (TPSA) is 91.0 Å². The lowest BCUT2D eigenvalue weighted by Crippen LogP contribution is -2.47. The fourth-order valence-electron chi connectivity index (χ4n) is 3.08. The van der Waals surface area contributed by atoms with E-state index in [1.54, 1.807) is 23.9 Å². The zero-order valence-corrected chi connectivity index (χ0v) is 19.8. The summed E-state index contributed by atoms with van der Waals surface area (Å²) in [5.41, 5.74) is 1.00. The first-order chi connectivity index (χ1) is 14.1. The number of thioether (sulfide) groups is 1. The number of guanidine groups is 1. The number of nitrogens with zero attached hydrogens (tertiary/aromatic N) is 3. The van der Waals surface area contributed by atoms with Crippen molar-refractivity contribution >= 4 is 47.4 Å². The van der Waals surface area contributed by atoms with Crippen LogP contribution in [0.25, 0.3) is 0 Å². The Hall–Kier alpha value is -1.85. The van der Waals surface area contributed by atoms with Gasteiger partial charge in [0, 0.05) is 42.4 Å². The van der Waals surface area contributed by atoms with Crippen LogP contribution in [0.3, 0.4) is 0 Å². The molecule has 9 heteroatoms. The third-order valence-corrected chi connectivity index (χ3v) is 5.73. The summed E-state index contributed by atoms with van der Waals surface area (Å²) in [6.45, 7) is 2.75. The maximum atomic E-state index is 10.8. The minimum absolute atomic E-state index is 0. The first kappa shape index (κ1) is 24.4. The van der Waals surface area contributed by atoms with Gasteiger partial charge in [-0.2, -0.15) is 0 Å². The van der Waals surface area contributed by atoms with Crippen molar-refractivity contribution in [1.82, 2.24) is 10.2 Å². The number of aliphatic hydroxyl groups is 1. The molecule has 1 fully saturated rings. The lowest BCUT2D eigenvalue weighted by Gasteiger charge is -2.32. The highest BCUT2D eigenvalue weighted by Crippen LogP contribution is 2.17. The molecule has 1 saturated heterocycles. The van der Waals surface area contributed by atoms with Crippen molar-refractivity contribution in [2.45, 2.75) is 30.4 Å². The van der Waals surface area contributed by atoms with Gasteiger partial charge in [0.05, 0.1) is 17.6 Å². The first-order valence-corrected chi connectivity index (χ1v) is 10.7. The molecule has 0 spiro atoms. The number of nitrogens with one attached hydrogen (secondary N) is 1. The van der Waals surface area contributed by atoms with Crippen molar-refractivity contribution in [3.05, 3.63) is 70.3 Å². The summed E-state index contributed by atoms with van der Waals surface area (Å²) in [6, 6.07) is 16.8.